The zero-order valence-corrected chi connectivity index (χ0v) is 14.6. The van der Waals surface area contributed by atoms with Gasteiger partial charge in [-0.2, -0.15) is 0 Å². The molecular weight excluding hydrogens is 290 g/mol. The minimum atomic E-state index is -0.411. The van der Waals surface area contributed by atoms with E-state index in [0.29, 0.717) is 11.5 Å². The minimum Gasteiger partial charge on any atom is -0.444 e. The van der Waals surface area contributed by atoms with Gasteiger partial charge in [-0.25, -0.2) is 4.79 Å². The molecule has 0 saturated carbocycles. The summed E-state index contributed by atoms with van der Waals surface area (Å²) in [6.07, 6.45) is 10.4. The Morgan fingerprint density at radius 2 is 1.91 bits per heavy atom. The first-order valence-electron chi connectivity index (χ1n) is 8.77. The molecular formula is C18H29N3O2. The Kier molecular flexibility index (Phi) is 4.50. The van der Waals surface area contributed by atoms with E-state index in [0.717, 1.165) is 45.4 Å². The molecule has 1 spiro atoms. The molecule has 3 heterocycles. The molecule has 0 aromatic rings. The Morgan fingerprint density at radius 3 is 2.52 bits per heavy atom. The summed E-state index contributed by atoms with van der Waals surface area (Å²) in [7, 11) is 0. The first-order chi connectivity index (χ1) is 10.9. The van der Waals surface area contributed by atoms with Gasteiger partial charge in [-0.1, -0.05) is 0 Å². The van der Waals surface area contributed by atoms with Gasteiger partial charge in [-0.05, 0) is 58.1 Å². The summed E-state index contributed by atoms with van der Waals surface area (Å²) in [6.45, 7) is 9.73. The van der Waals surface area contributed by atoms with Crippen LogP contribution >= 0.6 is 0 Å². The maximum atomic E-state index is 12.2. The molecule has 0 bridgehead atoms. The number of aliphatic imine (C=N–C) groups is 1. The Labute approximate surface area is 139 Å². The van der Waals surface area contributed by atoms with Crippen LogP contribution < -0.4 is 0 Å². The van der Waals surface area contributed by atoms with Crippen LogP contribution in [0.25, 0.3) is 0 Å². The minimum absolute atomic E-state index is 0.159. The van der Waals surface area contributed by atoms with E-state index in [2.05, 4.69) is 16.0 Å². The van der Waals surface area contributed by atoms with Gasteiger partial charge in [0.1, 0.15) is 5.60 Å². The van der Waals surface area contributed by atoms with E-state index < -0.39 is 5.60 Å². The molecule has 0 aromatic heterocycles. The van der Waals surface area contributed by atoms with Gasteiger partial charge in [0.2, 0.25) is 0 Å². The monoisotopic (exact) mass is 319 g/mol. The van der Waals surface area contributed by atoms with Crippen LogP contribution in [0.2, 0.25) is 0 Å². The summed E-state index contributed by atoms with van der Waals surface area (Å²) < 4.78 is 5.50. The van der Waals surface area contributed by atoms with E-state index >= 15 is 0 Å². The van der Waals surface area contributed by atoms with E-state index in [1.165, 1.54) is 6.42 Å². The van der Waals surface area contributed by atoms with E-state index in [1.807, 2.05) is 38.1 Å². The molecule has 0 N–H and O–H groups in total. The van der Waals surface area contributed by atoms with Gasteiger partial charge in [0.25, 0.3) is 0 Å². The van der Waals surface area contributed by atoms with Crippen molar-refractivity contribution in [2.24, 2.45) is 10.4 Å². The lowest BCUT2D eigenvalue weighted by Crippen LogP contribution is -2.46. The number of hydrogen-bond donors (Lipinski definition) is 0. The number of nitrogens with zero attached hydrogens (tertiary/aromatic N) is 3. The SMILES string of the molecule is CC(C)(C)OC(=O)N1CCC2(CC1)CCN(C1C=CN=CC1)C2. The molecule has 0 radical (unpaired) electrons. The highest BCUT2D eigenvalue weighted by Gasteiger charge is 2.43. The van der Waals surface area contributed by atoms with Crippen LogP contribution in [0.3, 0.4) is 0 Å². The predicted molar refractivity (Wildman–Crippen MR) is 91.7 cm³/mol. The van der Waals surface area contributed by atoms with Crippen LogP contribution in [0.15, 0.2) is 17.3 Å². The second-order valence-corrected chi connectivity index (χ2v) is 8.16. The van der Waals surface area contributed by atoms with Crippen molar-refractivity contribution >= 4 is 12.3 Å². The number of hydrogen-bond acceptors (Lipinski definition) is 4. The van der Waals surface area contributed by atoms with Crippen LogP contribution in [0.4, 0.5) is 4.79 Å². The molecule has 2 fully saturated rings. The first-order valence-corrected chi connectivity index (χ1v) is 8.77. The third kappa shape index (κ3) is 3.94. The molecule has 0 aromatic carbocycles. The Hall–Kier alpha value is -1.36. The third-order valence-electron chi connectivity index (χ3n) is 5.26. The average molecular weight is 319 g/mol. The normalized spacial score (nSPS) is 27.6. The summed E-state index contributed by atoms with van der Waals surface area (Å²) in [4.78, 5) is 20.8. The van der Waals surface area contributed by atoms with Gasteiger partial charge in [-0.3, -0.25) is 9.89 Å². The lowest BCUT2D eigenvalue weighted by molar-refractivity contribution is 0.0107. The molecule has 3 aliphatic heterocycles. The standard InChI is InChI=1S/C18H29N3O2/c1-17(2,3)23-16(22)20-11-6-18(7-12-20)8-13-21(14-18)15-4-9-19-10-5-15/h4,9-10,15H,5-8,11-14H2,1-3H3. The number of amides is 1. The van der Waals surface area contributed by atoms with E-state index in [1.54, 1.807) is 0 Å². The van der Waals surface area contributed by atoms with Gasteiger partial charge in [0, 0.05) is 44.5 Å². The van der Waals surface area contributed by atoms with Crippen LogP contribution in [0, 0.1) is 5.41 Å². The van der Waals surface area contributed by atoms with Crippen molar-refractivity contribution in [3.63, 3.8) is 0 Å². The maximum absolute atomic E-state index is 12.2. The first kappa shape index (κ1) is 16.5. The topological polar surface area (TPSA) is 45.1 Å². The zero-order chi connectivity index (χ0) is 16.5. The molecule has 1 unspecified atom stereocenters. The fourth-order valence-corrected chi connectivity index (χ4v) is 3.88. The number of ether oxygens (including phenoxy) is 1. The lowest BCUT2D eigenvalue weighted by atomic mass is 9.78. The quantitative estimate of drug-likeness (QED) is 0.746. The second-order valence-electron chi connectivity index (χ2n) is 8.16. The van der Waals surface area contributed by atoms with Crippen molar-refractivity contribution in [3.8, 4) is 0 Å². The summed E-state index contributed by atoms with van der Waals surface area (Å²) in [5, 5.41) is 0. The highest BCUT2D eigenvalue weighted by atomic mass is 16.6. The van der Waals surface area contributed by atoms with E-state index in [9.17, 15) is 4.79 Å². The molecule has 5 heteroatoms. The molecule has 5 nitrogen and oxygen atoms in total. The maximum Gasteiger partial charge on any atom is 0.410 e. The van der Waals surface area contributed by atoms with Crippen molar-refractivity contribution in [1.82, 2.24) is 9.80 Å². The summed E-state index contributed by atoms with van der Waals surface area (Å²) in [6, 6.07) is 0.510. The smallest absolute Gasteiger partial charge is 0.410 e. The van der Waals surface area contributed by atoms with E-state index in [-0.39, 0.29) is 6.09 Å². The van der Waals surface area contributed by atoms with Gasteiger partial charge in [-0.15, -0.1) is 0 Å². The molecule has 128 valence electrons. The largest absolute Gasteiger partial charge is 0.444 e. The van der Waals surface area contributed by atoms with Crippen LogP contribution in [0.5, 0.6) is 0 Å². The molecule has 23 heavy (non-hydrogen) atoms. The fraction of sp³-hybridized carbons (Fsp3) is 0.778. The van der Waals surface area contributed by atoms with Crippen molar-refractivity contribution in [2.75, 3.05) is 26.2 Å². The van der Waals surface area contributed by atoms with Gasteiger partial charge < -0.3 is 9.64 Å². The lowest BCUT2D eigenvalue weighted by Gasteiger charge is -2.40. The van der Waals surface area contributed by atoms with E-state index in [4.69, 9.17) is 4.74 Å². The zero-order valence-electron chi connectivity index (χ0n) is 14.6. The van der Waals surface area contributed by atoms with Crippen LogP contribution in [-0.4, -0.2) is 59.9 Å². The number of likely N-dealkylation sites (tertiary alicyclic amines) is 2. The Morgan fingerprint density at radius 1 is 1.22 bits per heavy atom. The Balaban J connectivity index is 1.52. The number of piperidine rings is 1. The number of carbonyl (C=O) groups excluding carboxylic acids is 1. The molecule has 1 atom stereocenters. The highest BCUT2D eigenvalue weighted by molar-refractivity contribution is 5.68. The van der Waals surface area contributed by atoms with Crippen molar-refractivity contribution < 1.29 is 9.53 Å². The molecule has 1 amide bonds. The van der Waals surface area contributed by atoms with Gasteiger partial charge >= 0.3 is 6.09 Å². The molecule has 3 rings (SSSR count). The fourth-order valence-electron chi connectivity index (χ4n) is 3.88. The Bertz CT molecular complexity index is 499. The number of rotatable bonds is 1. The number of carbonyl (C=O) groups is 1. The summed E-state index contributed by atoms with van der Waals surface area (Å²) >= 11 is 0. The van der Waals surface area contributed by atoms with Crippen LogP contribution in [0.1, 0.15) is 46.5 Å². The third-order valence-corrected chi connectivity index (χ3v) is 5.26. The van der Waals surface area contributed by atoms with Crippen molar-refractivity contribution in [1.29, 1.82) is 0 Å². The van der Waals surface area contributed by atoms with Crippen molar-refractivity contribution in [3.05, 3.63) is 12.3 Å². The molecule has 0 aliphatic carbocycles. The summed E-state index contributed by atoms with van der Waals surface area (Å²) in [5.41, 5.74) is -0.0216. The average Bonchev–Trinajstić information content (AvgIpc) is 2.91. The second kappa shape index (κ2) is 6.27. The summed E-state index contributed by atoms with van der Waals surface area (Å²) in [5.74, 6) is 0. The van der Waals surface area contributed by atoms with Crippen LogP contribution in [-0.2, 0) is 4.74 Å². The molecule has 3 aliphatic rings. The highest BCUT2D eigenvalue weighted by Crippen LogP contribution is 2.41. The van der Waals surface area contributed by atoms with Gasteiger partial charge in [0.15, 0.2) is 0 Å². The van der Waals surface area contributed by atoms with Crippen molar-refractivity contribution in [2.45, 2.75) is 58.1 Å². The molecule has 2 saturated heterocycles. The van der Waals surface area contributed by atoms with Gasteiger partial charge in [0.05, 0.1) is 0 Å². The predicted octanol–water partition coefficient (Wildman–Crippen LogP) is 3.07.